The highest BCUT2D eigenvalue weighted by Gasteiger charge is 2.13. The quantitative estimate of drug-likeness (QED) is 0.502. The van der Waals surface area contributed by atoms with Crippen molar-refractivity contribution >= 4 is 46.0 Å². The molecule has 2 heterocycles. The molecular weight excluding hydrogens is 368 g/mol. The van der Waals surface area contributed by atoms with Gasteiger partial charge in [-0.05, 0) is 41.3 Å². The van der Waals surface area contributed by atoms with Gasteiger partial charge in [-0.15, -0.1) is 0 Å². The van der Waals surface area contributed by atoms with E-state index in [-0.39, 0.29) is 17.4 Å². The molecule has 4 nitrogen and oxygen atoms in total. The minimum Gasteiger partial charge on any atom is -0.319 e. The Morgan fingerprint density at radius 1 is 1.11 bits per heavy atom. The number of benzene rings is 2. The fraction of sp³-hybridized carbons (Fsp3) is 0. The number of hydrogen-bond acceptors (Lipinski definition) is 3. The lowest BCUT2D eigenvalue weighted by molar-refractivity contribution is 0.102. The molecule has 27 heavy (non-hydrogen) atoms. The van der Waals surface area contributed by atoms with Crippen molar-refractivity contribution in [2.24, 2.45) is 0 Å². The van der Waals surface area contributed by atoms with Crippen molar-refractivity contribution in [3.05, 3.63) is 81.7 Å². The van der Waals surface area contributed by atoms with E-state index in [1.54, 1.807) is 47.2 Å². The van der Waals surface area contributed by atoms with Gasteiger partial charge in [0.05, 0.1) is 22.5 Å². The van der Waals surface area contributed by atoms with Gasteiger partial charge < -0.3 is 5.32 Å². The van der Waals surface area contributed by atoms with Crippen LogP contribution in [0.2, 0.25) is 0 Å². The third-order valence-electron chi connectivity index (χ3n) is 4.02. The highest BCUT2D eigenvalue weighted by Crippen LogP contribution is 2.26. The van der Waals surface area contributed by atoms with E-state index in [4.69, 9.17) is 0 Å². The molecule has 2 N–H and O–H groups in total. The monoisotopic (exact) mass is 381 g/mol. The fourth-order valence-electron chi connectivity index (χ4n) is 2.62. The summed E-state index contributed by atoms with van der Waals surface area (Å²) in [6.45, 7) is 0. The van der Waals surface area contributed by atoms with Crippen molar-refractivity contribution in [2.45, 2.75) is 0 Å². The molecule has 0 unspecified atom stereocenters. The number of aromatic amines is 1. The molecule has 0 aliphatic heterocycles. The van der Waals surface area contributed by atoms with Gasteiger partial charge in [0.15, 0.2) is 0 Å². The van der Waals surface area contributed by atoms with E-state index in [0.717, 1.165) is 5.56 Å². The minimum atomic E-state index is -0.552. The predicted molar refractivity (Wildman–Crippen MR) is 104 cm³/mol. The molecular formula is C20H13F2N3OS. The second-order valence-corrected chi connectivity index (χ2v) is 6.62. The largest absolute Gasteiger partial charge is 0.319 e. The number of carbonyl (C=O) groups is 1. The van der Waals surface area contributed by atoms with Crippen molar-refractivity contribution in [2.75, 3.05) is 5.32 Å². The Bertz CT molecular complexity index is 1130. The molecule has 134 valence electrons. The van der Waals surface area contributed by atoms with Gasteiger partial charge in [0.1, 0.15) is 11.6 Å². The zero-order valence-electron chi connectivity index (χ0n) is 13.9. The number of rotatable bonds is 4. The van der Waals surface area contributed by atoms with Crippen LogP contribution in [0.25, 0.3) is 23.1 Å². The van der Waals surface area contributed by atoms with Crippen LogP contribution in [0.1, 0.15) is 21.6 Å². The van der Waals surface area contributed by atoms with Crippen LogP contribution >= 0.6 is 11.3 Å². The summed E-state index contributed by atoms with van der Waals surface area (Å²) < 4.78 is 27.3. The van der Waals surface area contributed by atoms with Crippen LogP contribution < -0.4 is 5.32 Å². The second-order valence-electron chi connectivity index (χ2n) is 5.84. The van der Waals surface area contributed by atoms with Crippen LogP contribution in [0.15, 0.2) is 53.2 Å². The Kier molecular flexibility index (Phi) is 4.52. The summed E-state index contributed by atoms with van der Waals surface area (Å²) in [5.41, 5.74) is 2.46. The highest BCUT2D eigenvalue weighted by atomic mass is 32.1. The van der Waals surface area contributed by atoms with E-state index in [2.05, 4.69) is 15.5 Å². The number of nitrogens with one attached hydrogen (secondary N) is 2. The average molecular weight is 381 g/mol. The van der Waals surface area contributed by atoms with Crippen molar-refractivity contribution < 1.29 is 13.6 Å². The maximum atomic E-state index is 14.3. The zero-order valence-corrected chi connectivity index (χ0v) is 14.7. The smallest absolute Gasteiger partial charge is 0.256 e. The molecule has 0 saturated heterocycles. The summed E-state index contributed by atoms with van der Waals surface area (Å²) in [6.07, 6.45) is 3.52. The Labute approximate surface area is 157 Å². The molecule has 0 radical (unpaired) electrons. The first-order chi connectivity index (χ1) is 13.1. The number of anilines is 1. The first kappa shape index (κ1) is 17.1. The molecule has 7 heteroatoms. The van der Waals surface area contributed by atoms with Crippen LogP contribution in [0.3, 0.4) is 0 Å². The van der Waals surface area contributed by atoms with Crippen LogP contribution in [0, 0.1) is 11.6 Å². The van der Waals surface area contributed by atoms with Gasteiger partial charge in [0.2, 0.25) is 0 Å². The van der Waals surface area contributed by atoms with Crippen molar-refractivity contribution in [1.82, 2.24) is 10.2 Å². The summed E-state index contributed by atoms with van der Waals surface area (Å²) in [4.78, 5) is 12.2. The number of thiophene rings is 1. The van der Waals surface area contributed by atoms with Gasteiger partial charge in [0.25, 0.3) is 5.91 Å². The average Bonchev–Trinajstić information content (AvgIpc) is 3.32. The molecule has 0 atom stereocenters. The predicted octanol–water partition coefficient (Wildman–Crippen LogP) is 5.33. The van der Waals surface area contributed by atoms with E-state index in [1.165, 1.54) is 29.5 Å². The number of hydrogen-bond donors (Lipinski definition) is 2. The van der Waals surface area contributed by atoms with Crippen LogP contribution in [0.5, 0.6) is 0 Å². The first-order valence-corrected chi connectivity index (χ1v) is 8.99. The first-order valence-electron chi connectivity index (χ1n) is 8.05. The number of nitrogens with zero attached hydrogens (tertiary/aromatic N) is 1. The summed E-state index contributed by atoms with van der Waals surface area (Å²) in [5, 5.41) is 13.7. The second kappa shape index (κ2) is 7.13. The molecule has 0 spiro atoms. The molecule has 0 aliphatic rings. The highest BCUT2D eigenvalue weighted by molar-refractivity contribution is 7.08. The Morgan fingerprint density at radius 3 is 2.67 bits per heavy atom. The number of H-pyrrole nitrogens is 1. The van der Waals surface area contributed by atoms with Crippen molar-refractivity contribution in [3.8, 4) is 0 Å². The number of aromatic nitrogens is 2. The summed E-state index contributed by atoms with van der Waals surface area (Å²) in [7, 11) is 0. The zero-order chi connectivity index (χ0) is 18.8. The fourth-order valence-corrected chi connectivity index (χ4v) is 3.25. The Morgan fingerprint density at radius 2 is 1.93 bits per heavy atom. The van der Waals surface area contributed by atoms with Gasteiger partial charge in [0, 0.05) is 16.8 Å². The molecule has 0 saturated carbocycles. The maximum Gasteiger partial charge on any atom is 0.256 e. The van der Waals surface area contributed by atoms with Crippen LogP contribution in [0.4, 0.5) is 14.5 Å². The number of halogens is 2. The molecule has 2 aromatic heterocycles. The van der Waals surface area contributed by atoms with Gasteiger partial charge >= 0.3 is 0 Å². The van der Waals surface area contributed by atoms with Gasteiger partial charge in [-0.25, -0.2) is 8.78 Å². The molecule has 4 aromatic rings. The summed E-state index contributed by atoms with van der Waals surface area (Å²) in [5.74, 6) is -1.23. The maximum absolute atomic E-state index is 14.3. The third kappa shape index (κ3) is 3.63. The molecule has 1 amide bonds. The number of amides is 1. The van der Waals surface area contributed by atoms with Gasteiger partial charge in [-0.2, -0.15) is 16.4 Å². The SMILES string of the molecule is O=C(Nc1cc2c(/C=C/c3ccc(F)cc3)n[nH]c2cc1F)c1ccsc1. The lowest BCUT2D eigenvalue weighted by Gasteiger charge is -2.06. The normalized spacial score (nSPS) is 11.3. The molecule has 2 aromatic carbocycles. The Balaban J connectivity index is 1.65. The van der Waals surface area contributed by atoms with E-state index in [0.29, 0.717) is 22.2 Å². The van der Waals surface area contributed by atoms with E-state index >= 15 is 0 Å². The van der Waals surface area contributed by atoms with Crippen LogP contribution in [-0.4, -0.2) is 16.1 Å². The van der Waals surface area contributed by atoms with Crippen molar-refractivity contribution in [1.29, 1.82) is 0 Å². The minimum absolute atomic E-state index is 0.0801. The standard InChI is InChI=1S/C20H13F2N3OS/c21-14-4-1-12(2-5-14)3-6-17-15-9-19(16(22)10-18(15)25-24-17)23-20(26)13-7-8-27-11-13/h1-11H,(H,23,26)(H,24,25)/b6-3+. The van der Waals surface area contributed by atoms with E-state index in [1.807, 2.05) is 0 Å². The number of carbonyl (C=O) groups excluding carboxylic acids is 1. The van der Waals surface area contributed by atoms with E-state index in [9.17, 15) is 13.6 Å². The third-order valence-corrected chi connectivity index (χ3v) is 4.70. The molecule has 0 fully saturated rings. The van der Waals surface area contributed by atoms with E-state index < -0.39 is 5.82 Å². The number of fused-ring (bicyclic) bond motifs is 1. The van der Waals surface area contributed by atoms with Crippen molar-refractivity contribution in [3.63, 3.8) is 0 Å². The molecule has 0 bridgehead atoms. The Hall–Kier alpha value is -3.32. The lowest BCUT2D eigenvalue weighted by Crippen LogP contribution is -2.12. The van der Waals surface area contributed by atoms with Gasteiger partial charge in [-0.3, -0.25) is 9.89 Å². The van der Waals surface area contributed by atoms with Gasteiger partial charge in [-0.1, -0.05) is 18.2 Å². The topological polar surface area (TPSA) is 57.8 Å². The summed E-state index contributed by atoms with van der Waals surface area (Å²) in [6, 6.07) is 10.5. The lowest BCUT2D eigenvalue weighted by atomic mass is 10.1. The molecule has 4 rings (SSSR count). The molecule has 0 aliphatic carbocycles. The summed E-state index contributed by atoms with van der Waals surface area (Å²) >= 11 is 1.39. The van der Waals surface area contributed by atoms with Crippen LogP contribution in [-0.2, 0) is 0 Å².